The van der Waals surface area contributed by atoms with Gasteiger partial charge in [0.2, 0.25) is 0 Å². The monoisotopic (exact) mass is 213 g/mol. The van der Waals surface area contributed by atoms with E-state index in [2.05, 4.69) is 21.1 Å². The summed E-state index contributed by atoms with van der Waals surface area (Å²) in [6.45, 7) is 1.64. The Morgan fingerprint density at radius 3 is 3.00 bits per heavy atom. The van der Waals surface area contributed by atoms with Crippen LogP contribution in [0.25, 0.3) is 0 Å². The summed E-state index contributed by atoms with van der Waals surface area (Å²) in [5.41, 5.74) is 0. The van der Waals surface area contributed by atoms with Gasteiger partial charge in [0, 0.05) is 18.0 Å². The first kappa shape index (κ1) is 11.2. The summed E-state index contributed by atoms with van der Waals surface area (Å²) in [5, 5.41) is 2.06. The van der Waals surface area contributed by atoms with Gasteiger partial charge in [-0.2, -0.15) is 0 Å². The van der Waals surface area contributed by atoms with Gasteiger partial charge < -0.3 is 9.64 Å². The Balaban J connectivity index is 2.22. The highest BCUT2D eigenvalue weighted by Crippen LogP contribution is 2.10. The smallest absolute Gasteiger partial charge is 0.306 e. The van der Waals surface area contributed by atoms with Crippen LogP contribution < -0.4 is 0 Å². The minimum Gasteiger partial charge on any atom is -0.469 e. The number of rotatable bonds is 5. The average molecular weight is 213 g/mol. The maximum absolute atomic E-state index is 10.9. The molecule has 1 aromatic rings. The van der Waals surface area contributed by atoms with Crippen LogP contribution in [0, 0.1) is 0 Å². The lowest BCUT2D eigenvalue weighted by molar-refractivity contribution is -0.140. The third-order valence-electron chi connectivity index (χ3n) is 1.93. The Morgan fingerprint density at radius 2 is 2.43 bits per heavy atom. The normalized spacial score (nSPS) is 10.5. The molecule has 78 valence electrons. The predicted molar refractivity (Wildman–Crippen MR) is 57.3 cm³/mol. The standard InChI is InChI=1S/C10H15NO2S/c1-11(6-5-10(12)13-2)8-9-4-3-7-14-9/h3-4,7H,5-6,8H2,1-2H3. The van der Waals surface area contributed by atoms with Crippen molar-refractivity contribution in [2.75, 3.05) is 20.7 Å². The molecule has 0 aliphatic rings. The van der Waals surface area contributed by atoms with E-state index in [1.165, 1.54) is 12.0 Å². The number of nitrogens with zero attached hydrogens (tertiary/aromatic N) is 1. The number of ether oxygens (including phenoxy) is 1. The van der Waals surface area contributed by atoms with Gasteiger partial charge in [0.1, 0.15) is 0 Å². The Labute approximate surface area is 88.3 Å². The van der Waals surface area contributed by atoms with E-state index in [0.717, 1.165) is 13.1 Å². The lowest BCUT2D eigenvalue weighted by Crippen LogP contribution is -2.21. The molecule has 0 saturated carbocycles. The highest BCUT2D eigenvalue weighted by molar-refractivity contribution is 7.09. The molecule has 1 aromatic heterocycles. The van der Waals surface area contributed by atoms with Gasteiger partial charge >= 0.3 is 5.97 Å². The summed E-state index contributed by atoms with van der Waals surface area (Å²) in [7, 11) is 3.42. The fraction of sp³-hybridized carbons (Fsp3) is 0.500. The van der Waals surface area contributed by atoms with Gasteiger partial charge in [-0.15, -0.1) is 11.3 Å². The molecule has 0 saturated heterocycles. The van der Waals surface area contributed by atoms with Gasteiger partial charge in [-0.3, -0.25) is 4.79 Å². The van der Waals surface area contributed by atoms with Crippen molar-refractivity contribution in [3.05, 3.63) is 22.4 Å². The highest BCUT2D eigenvalue weighted by Gasteiger charge is 2.04. The van der Waals surface area contributed by atoms with E-state index in [1.54, 1.807) is 11.3 Å². The zero-order valence-corrected chi connectivity index (χ0v) is 9.34. The zero-order chi connectivity index (χ0) is 10.4. The van der Waals surface area contributed by atoms with Crippen LogP contribution in [0.1, 0.15) is 11.3 Å². The van der Waals surface area contributed by atoms with E-state index in [0.29, 0.717) is 6.42 Å². The van der Waals surface area contributed by atoms with Crippen molar-refractivity contribution >= 4 is 17.3 Å². The number of thiophene rings is 1. The van der Waals surface area contributed by atoms with Gasteiger partial charge in [0.05, 0.1) is 13.5 Å². The molecule has 4 heteroatoms. The molecule has 0 unspecified atom stereocenters. The van der Waals surface area contributed by atoms with Crippen LogP contribution in [0.2, 0.25) is 0 Å². The fourth-order valence-corrected chi connectivity index (χ4v) is 1.92. The molecule has 0 fully saturated rings. The Bertz CT molecular complexity index is 272. The number of carbonyl (C=O) groups excluding carboxylic acids is 1. The minimum atomic E-state index is -0.150. The summed E-state index contributed by atoms with van der Waals surface area (Å²) in [4.78, 5) is 14.3. The van der Waals surface area contributed by atoms with Gasteiger partial charge in [-0.1, -0.05) is 6.07 Å². The van der Waals surface area contributed by atoms with Crippen molar-refractivity contribution in [1.29, 1.82) is 0 Å². The summed E-state index contributed by atoms with van der Waals surface area (Å²) in [6, 6.07) is 4.13. The number of hydrogen-bond acceptors (Lipinski definition) is 4. The van der Waals surface area contributed by atoms with Crippen LogP contribution in [-0.2, 0) is 16.1 Å². The van der Waals surface area contributed by atoms with Gasteiger partial charge in [-0.05, 0) is 18.5 Å². The molecular weight excluding hydrogens is 198 g/mol. The predicted octanol–water partition coefficient (Wildman–Crippen LogP) is 1.74. The molecule has 0 aromatic carbocycles. The van der Waals surface area contributed by atoms with Crippen molar-refractivity contribution in [2.24, 2.45) is 0 Å². The van der Waals surface area contributed by atoms with Crippen LogP contribution in [-0.4, -0.2) is 31.6 Å². The molecule has 0 bridgehead atoms. The third-order valence-corrected chi connectivity index (χ3v) is 2.79. The second kappa shape index (κ2) is 5.78. The molecule has 0 aliphatic carbocycles. The number of esters is 1. The molecule has 0 spiro atoms. The maximum atomic E-state index is 10.9. The first-order valence-electron chi connectivity index (χ1n) is 4.50. The van der Waals surface area contributed by atoms with Crippen LogP contribution in [0.5, 0.6) is 0 Å². The molecule has 1 rings (SSSR count). The van der Waals surface area contributed by atoms with E-state index >= 15 is 0 Å². The van der Waals surface area contributed by atoms with E-state index in [4.69, 9.17) is 0 Å². The number of hydrogen-bond donors (Lipinski definition) is 0. The molecule has 0 aliphatic heterocycles. The van der Waals surface area contributed by atoms with Crippen LogP contribution >= 0.6 is 11.3 Å². The lowest BCUT2D eigenvalue weighted by atomic mass is 10.3. The fourth-order valence-electron chi connectivity index (χ4n) is 1.13. The lowest BCUT2D eigenvalue weighted by Gasteiger charge is -2.14. The topological polar surface area (TPSA) is 29.5 Å². The Morgan fingerprint density at radius 1 is 1.64 bits per heavy atom. The summed E-state index contributed by atoms with van der Waals surface area (Å²) >= 11 is 1.73. The first-order chi connectivity index (χ1) is 6.72. The summed E-state index contributed by atoms with van der Waals surface area (Å²) < 4.78 is 4.57. The molecule has 3 nitrogen and oxygen atoms in total. The average Bonchev–Trinajstić information content (AvgIpc) is 2.66. The highest BCUT2D eigenvalue weighted by atomic mass is 32.1. The third kappa shape index (κ3) is 3.89. The molecule has 1 heterocycles. The first-order valence-corrected chi connectivity index (χ1v) is 5.38. The Kier molecular flexibility index (Phi) is 4.62. The van der Waals surface area contributed by atoms with Gasteiger partial charge in [0.15, 0.2) is 0 Å². The van der Waals surface area contributed by atoms with E-state index in [9.17, 15) is 4.79 Å². The number of carbonyl (C=O) groups is 1. The molecule has 0 atom stereocenters. The summed E-state index contributed by atoms with van der Waals surface area (Å²) in [5.74, 6) is -0.150. The van der Waals surface area contributed by atoms with Crippen molar-refractivity contribution < 1.29 is 9.53 Å². The largest absolute Gasteiger partial charge is 0.469 e. The second-order valence-corrected chi connectivity index (χ2v) is 4.18. The van der Waals surface area contributed by atoms with Crippen LogP contribution in [0.3, 0.4) is 0 Å². The SMILES string of the molecule is COC(=O)CCN(C)Cc1cccs1. The second-order valence-electron chi connectivity index (χ2n) is 3.14. The van der Waals surface area contributed by atoms with E-state index in [-0.39, 0.29) is 5.97 Å². The van der Waals surface area contributed by atoms with E-state index in [1.807, 2.05) is 13.1 Å². The molecule has 14 heavy (non-hydrogen) atoms. The molecule has 0 radical (unpaired) electrons. The van der Waals surface area contributed by atoms with Crippen LogP contribution in [0.15, 0.2) is 17.5 Å². The van der Waals surface area contributed by atoms with Gasteiger partial charge in [0.25, 0.3) is 0 Å². The van der Waals surface area contributed by atoms with Crippen LogP contribution in [0.4, 0.5) is 0 Å². The van der Waals surface area contributed by atoms with Crippen molar-refractivity contribution in [3.63, 3.8) is 0 Å². The van der Waals surface area contributed by atoms with Gasteiger partial charge in [-0.25, -0.2) is 0 Å². The van der Waals surface area contributed by atoms with Crippen molar-refractivity contribution in [2.45, 2.75) is 13.0 Å². The Hall–Kier alpha value is -0.870. The zero-order valence-electron chi connectivity index (χ0n) is 8.53. The minimum absolute atomic E-state index is 0.150. The summed E-state index contributed by atoms with van der Waals surface area (Å²) in [6.07, 6.45) is 0.457. The molecular formula is C10H15NO2S. The molecule has 0 amide bonds. The quantitative estimate of drug-likeness (QED) is 0.698. The number of methoxy groups -OCH3 is 1. The van der Waals surface area contributed by atoms with Crippen molar-refractivity contribution in [1.82, 2.24) is 4.90 Å². The maximum Gasteiger partial charge on any atom is 0.306 e. The van der Waals surface area contributed by atoms with E-state index < -0.39 is 0 Å². The molecule has 0 N–H and O–H groups in total. The van der Waals surface area contributed by atoms with Crippen molar-refractivity contribution in [3.8, 4) is 0 Å².